The molecule has 6 heteroatoms. The van der Waals surface area contributed by atoms with Crippen molar-refractivity contribution in [1.29, 1.82) is 0 Å². The van der Waals surface area contributed by atoms with Gasteiger partial charge < -0.3 is 9.84 Å². The number of aromatic nitrogens is 2. The SMILES string of the molecule is COC1CCCC1n1c(C)c(CCC(=O)O)c(C)nc1=O. The maximum absolute atomic E-state index is 12.3. The first-order valence-corrected chi connectivity index (χ1v) is 7.29. The zero-order valence-corrected chi connectivity index (χ0v) is 12.8. The summed E-state index contributed by atoms with van der Waals surface area (Å²) >= 11 is 0. The molecule has 1 aliphatic rings. The Morgan fingerprint density at radius 1 is 1.43 bits per heavy atom. The number of nitrogens with zero attached hydrogens (tertiary/aromatic N) is 2. The highest BCUT2D eigenvalue weighted by Gasteiger charge is 2.31. The second kappa shape index (κ2) is 6.39. The molecule has 1 heterocycles. The molecule has 1 fully saturated rings. The summed E-state index contributed by atoms with van der Waals surface area (Å²) in [7, 11) is 1.66. The molecule has 1 saturated carbocycles. The van der Waals surface area contributed by atoms with E-state index in [1.165, 1.54) is 0 Å². The molecule has 1 N–H and O–H groups in total. The van der Waals surface area contributed by atoms with Crippen LogP contribution in [-0.2, 0) is 16.0 Å². The number of ether oxygens (including phenoxy) is 1. The van der Waals surface area contributed by atoms with Gasteiger partial charge in [0.1, 0.15) is 0 Å². The average molecular weight is 294 g/mol. The topological polar surface area (TPSA) is 81.4 Å². The van der Waals surface area contributed by atoms with E-state index in [0.717, 1.165) is 30.5 Å². The fourth-order valence-electron chi connectivity index (χ4n) is 3.28. The number of carboxylic acids is 1. The van der Waals surface area contributed by atoms with Crippen LogP contribution in [0.5, 0.6) is 0 Å². The van der Waals surface area contributed by atoms with Crippen LogP contribution in [0.3, 0.4) is 0 Å². The van der Waals surface area contributed by atoms with Crippen molar-refractivity contribution < 1.29 is 14.6 Å². The van der Waals surface area contributed by atoms with Crippen LogP contribution in [0.1, 0.15) is 48.7 Å². The minimum Gasteiger partial charge on any atom is -0.481 e. The molecule has 1 aromatic rings. The van der Waals surface area contributed by atoms with Crippen molar-refractivity contribution in [2.45, 2.75) is 58.1 Å². The number of methoxy groups -OCH3 is 1. The molecule has 1 aliphatic carbocycles. The predicted molar refractivity (Wildman–Crippen MR) is 77.6 cm³/mol. The first-order valence-electron chi connectivity index (χ1n) is 7.29. The summed E-state index contributed by atoms with van der Waals surface area (Å²) in [6.07, 6.45) is 3.31. The minimum atomic E-state index is -0.845. The Morgan fingerprint density at radius 3 is 2.76 bits per heavy atom. The lowest BCUT2D eigenvalue weighted by molar-refractivity contribution is -0.136. The number of aryl methyl sites for hydroxylation is 1. The molecule has 0 radical (unpaired) electrons. The van der Waals surface area contributed by atoms with E-state index in [0.29, 0.717) is 12.1 Å². The van der Waals surface area contributed by atoms with E-state index in [1.54, 1.807) is 18.6 Å². The second-order valence-electron chi connectivity index (χ2n) is 5.58. The Morgan fingerprint density at radius 2 is 2.14 bits per heavy atom. The van der Waals surface area contributed by atoms with Crippen LogP contribution in [0.25, 0.3) is 0 Å². The molecule has 1 aromatic heterocycles. The van der Waals surface area contributed by atoms with Crippen LogP contribution in [0.4, 0.5) is 0 Å². The zero-order chi connectivity index (χ0) is 15.6. The third-order valence-corrected chi connectivity index (χ3v) is 4.35. The summed E-state index contributed by atoms with van der Waals surface area (Å²) < 4.78 is 7.17. The first kappa shape index (κ1) is 15.7. The van der Waals surface area contributed by atoms with Crippen LogP contribution in [0.2, 0.25) is 0 Å². The van der Waals surface area contributed by atoms with Crippen LogP contribution >= 0.6 is 0 Å². The van der Waals surface area contributed by atoms with Crippen molar-refractivity contribution >= 4 is 5.97 Å². The lowest BCUT2D eigenvalue weighted by Gasteiger charge is -2.24. The molecular weight excluding hydrogens is 272 g/mol. The molecule has 0 amide bonds. The molecule has 0 spiro atoms. The first-order chi connectivity index (χ1) is 9.95. The monoisotopic (exact) mass is 294 g/mol. The highest BCUT2D eigenvalue weighted by atomic mass is 16.5. The van der Waals surface area contributed by atoms with Gasteiger partial charge in [-0.1, -0.05) is 0 Å². The van der Waals surface area contributed by atoms with Crippen molar-refractivity contribution in [1.82, 2.24) is 9.55 Å². The third kappa shape index (κ3) is 3.15. The molecule has 116 valence electrons. The molecule has 21 heavy (non-hydrogen) atoms. The van der Waals surface area contributed by atoms with Gasteiger partial charge in [-0.05, 0) is 45.1 Å². The quantitative estimate of drug-likeness (QED) is 0.892. The van der Waals surface area contributed by atoms with Crippen molar-refractivity contribution in [3.63, 3.8) is 0 Å². The van der Waals surface area contributed by atoms with Crippen LogP contribution in [-0.4, -0.2) is 33.8 Å². The smallest absolute Gasteiger partial charge is 0.348 e. The summed E-state index contributed by atoms with van der Waals surface area (Å²) in [6, 6.07) is -0.000761. The van der Waals surface area contributed by atoms with E-state index in [-0.39, 0.29) is 24.3 Å². The maximum atomic E-state index is 12.3. The minimum absolute atomic E-state index is 0.000761. The van der Waals surface area contributed by atoms with Crippen LogP contribution in [0, 0.1) is 13.8 Å². The fraction of sp³-hybridized carbons (Fsp3) is 0.667. The summed E-state index contributed by atoms with van der Waals surface area (Å²) in [5.41, 5.74) is 2.04. The van der Waals surface area contributed by atoms with Gasteiger partial charge in [0.2, 0.25) is 0 Å². The van der Waals surface area contributed by atoms with E-state index >= 15 is 0 Å². The van der Waals surface area contributed by atoms with E-state index in [1.807, 2.05) is 6.92 Å². The van der Waals surface area contributed by atoms with E-state index in [4.69, 9.17) is 9.84 Å². The van der Waals surface area contributed by atoms with Crippen LogP contribution < -0.4 is 5.69 Å². The predicted octanol–water partition coefficient (Wildman–Crippen LogP) is 1.62. The molecule has 2 atom stereocenters. The molecule has 2 unspecified atom stereocenters. The molecular formula is C15H22N2O4. The van der Waals surface area contributed by atoms with Crippen LogP contribution in [0.15, 0.2) is 4.79 Å². The van der Waals surface area contributed by atoms with Gasteiger partial charge >= 0.3 is 11.7 Å². The van der Waals surface area contributed by atoms with Crippen molar-refractivity contribution in [2.75, 3.05) is 7.11 Å². The number of carbonyl (C=O) groups is 1. The van der Waals surface area contributed by atoms with Crippen molar-refractivity contribution in [3.05, 3.63) is 27.4 Å². The van der Waals surface area contributed by atoms with E-state index < -0.39 is 5.97 Å². The Labute approximate surface area is 123 Å². The Hall–Kier alpha value is -1.69. The molecule has 0 saturated heterocycles. The molecule has 2 rings (SSSR count). The van der Waals surface area contributed by atoms with Gasteiger partial charge in [-0.3, -0.25) is 9.36 Å². The van der Waals surface area contributed by atoms with Gasteiger partial charge in [-0.15, -0.1) is 0 Å². The number of hydrogen-bond acceptors (Lipinski definition) is 4. The Bertz CT molecular complexity index is 594. The van der Waals surface area contributed by atoms with Gasteiger partial charge in [0.25, 0.3) is 0 Å². The van der Waals surface area contributed by atoms with Crippen molar-refractivity contribution in [2.24, 2.45) is 0 Å². The summed E-state index contributed by atoms with van der Waals surface area (Å²) in [5.74, 6) is -0.845. The van der Waals surface area contributed by atoms with Crippen molar-refractivity contribution in [3.8, 4) is 0 Å². The number of carboxylic acid groups (broad SMARTS) is 1. The average Bonchev–Trinajstić information content (AvgIpc) is 2.85. The Balaban J connectivity index is 2.43. The second-order valence-corrected chi connectivity index (χ2v) is 5.58. The van der Waals surface area contributed by atoms with E-state index in [2.05, 4.69) is 4.98 Å². The molecule has 0 aliphatic heterocycles. The van der Waals surface area contributed by atoms with Gasteiger partial charge in [-0.2, -0.15) is 4.98 Å². The molecule has 6 nitrogen and oxygen atoms in total. The molecule has 0 aromatic carbocycles. The standard InChI is InChI=1S/C15H22N2O4/c1-9-11(7-8-14(18)19)10(2)17(15(20)16-9)12-5-4-6-13(12)21-3/h12-13H,4-8H2,1-3H3,(H,18,19). The van der Waals surface area contributed by atoms with Gasteiger partial charge in [0.05, 0.1) is 12.1 Å². The summed E-state index contributed by atoms with van der Waals surface area (Å²) in [5, 5.41) is 8.86. The third-order valence-electron chi connectivity index (χ3n) is 4.35. The zero-order valence-electron chi connectivity index (χ0n) is 12.8. The molecule has 0 bridgehead atoms. The largest absolute Gasteiger partial charge is 0.481 e. The normalized spacial score (nSPS) is 21.7. The van der Waals surface area contributed by atoms with Gasteiger partial charge in [0, 0.05) is 24.9 Å². The van der Waals surface area contributed by atoms with Gasteiger partial charge in [-0.25, -0.2) is 4.79 Å². The highest BCUT2D eigenvalue weighted by molar-refractivity contribution is 5.67. The number of aliphatic carboxylic acids is 1. The lowest BCUT2D eigenvalue weighted by atomic mass is 10.1. The summed E-state index contributed by atoms with van der Waals surface area (Å²) in [6.45, 7) is 3.64. The lowest BCUT2D eigenvalue weighted by Crippen LogP contribution is -2.35. The highest BCUT2D eigenvalue weighted by Crippen LogP contribution is 2.32. The van der Waals surface area contributed by atoms with Gasteiger partial charge in [0.15, 0.2) is 0 Å². The van der Waals surface area contributed by atoms with E-state index in [9.17, 15) is 9.59 Å². The maximum Gasteiger partial charge on any atom is 0.348 e. The number of rotatable bonds is 5. The Kier molecular flexibility index (Phi) is 4.77. The number of hydrogen-bond donors (Lipinski definition) is 1. The fourth-order valence-corrected chi connectivity index (χ4v) is 3.28. The summed E-state index contributed by atoms with van der Waals surface area (Å²) in [4.78, 5) is 27.2.